The number of hydrogen-bond acceptors (Lipinski definition) is 4. The van der Waals surface area contributed by atoms with Crippen molar-refractivity contribution in [1.29, 1.82) is 0 Å². The largest absolute Gasteiger partial charge is 0.444 e. The number of benzene rings is 1. The van der Waals surface area contributed by atoms with E-state index in [0.717, 1.165) is 6.42 Å². The Bertz CT molecular complexity index is 693. The first-order chi connectivity index (χ1) is 11.1. The second-order valence-electron chi connectivity index (χ2n) is 6.06. The Morgan fingerprint density at radius 3 is 2.64 bits per heavy atom. The van der Waals surface area contributed by atoms with Gasteiger partial charge in [0.2, 0.25) is 11.8 Å². The molecule has 2 heterocycles. The third-order valence-corrected chi connectivity index (χ3v) is 4.29. The van der Waals surface area contributed by atoms with Gasteiger partial charge in [-0.1, -0.05) is 0 Å². The minimum absolute atomic E-state index is 0. The van der Waals surface area contributed by atoms with Crippen LogP contribution in [0.3, 0.4) is 0 Å². The highest BCUT2D eigenvalue weighted by Gasteiger charge is 2.31. The lowest BCUT2D eigenvalue weighted by molar-refractivity contribution is -0.131. The van der Waals surface area contributed by atoms with Gasteiger partial charge in [0.1, 0.15) is 12.1 Å². The van der Waals surface area contributed by atoms with E-state index in [2.05, 4.69) is 4.98 Å². The van der Waals surface area contributed by atoms with Crippen LogP contribution < -0.4 is 5.73 Å². The zero-order valence-electron chi connectivity index (χ0n) is 13.9. The first kappa shape index (κ1) is 21.4. The number of rotatable bonds is 4. The van der Waals surface area contributed by atoms with Crippen LogP contribution in [-0.4, -0.2) is 34.9 Å². The van der Waals surface area contributed by atoms with Crippen molar-refractivity contribution in [3.05, 3.63) is 42.0 Å². The number of nitrogens with zero attached hydrogens (tertiary/aromatic N) is 2. The summed E-state index contributed by atoms with van der Waals surface area (Å²) in [4.78, 5) is 18.6. The molecule has 2 unspecified atom stereocenters. The van der Waals surface area contributed by atoms with Gasteiger partial charge in [0.15, 0.2) is 0 Å². The molecule has 1 fully saturated rings. The van der Waals surface area contributed by atoms with Crippen molar-refractivity contribution in [3.63, 3.8) is 0 Å². The van der Waals surface area contributed by atoms with E-state index in [1.54, 1.807) is 12.1 Å². The number of halogens is 3. The Morgan fingerprint density at radius 2 is 2.04 bits per heavy atom. The number of likely N-dealkylation sites (tertiary alicyclic amines) is 1. The van der Waals surface area contributed by atoms with E-state index in [0.29, 0.717) is 36.2 Å². The fraction of sp³-hybridized carbons (Fsp3) is 0.412. The number of aromatic nitrogens is 1. The predicted molar refractivity (Wildman–Crippen MR) is 98.4 cm³/mol. The number of oxazole rings is 1. The van der Waals surface area contributed by atoms with Crippen LogP contribution >= 0.6 is 24.8 Å². The highest BCUT2D eigenvalue weighted by molar-refractivity contribution is 5.85. The minimum atomic E-state index is -0.312. The van der Waals surface area contributed by atoms with Crippen molar-refractivity contribution < 1.29 is 13.6 Å². The number of amides is 1. The molecule has 0 bridgehead atoms. The number of hydrogen-bond donors (Lipinski definition) is 1. The Balaban J connectivity index is 0.00000156. The van der Waals surface area contributed by atoms with Gasteiger partial charge in [-0.25, -0.2) is 9.37 Å². The Morgan fingerprint density at radius 1 is 1.36 bits per heavy atom. The summed E-state index contributed by atoms with van der Waals surface area (Å²) in [7, 11) is 0. The number of carbonyl (C=O) groups excluding carboxylic acids is 1. The summed E-state index contributed by atoms with van der Waals surface area (Å²) >= 11 is 0. The number of carbonyl (C=O) groups is 1. The van der Waals surface area contributed by atoms with E-state index < -0.39 is 0 Å². The van der Waals surface area contributed by atoms with Crippen molar-refractivity contribution in [2.24, 2.45) is 11.7 Å². The molecule has 5 nitrogen and oxygen atoms in total. The second kappa shape index (κ2) is 9.17. The molecule has 3 rings (SSSR count). The van der Waals surface area contributed by atoms with E-state index >= 15 is 0 Å². The molecule has 1 aliphatic heterocycles. The Labute approximate surface area is 158 Å². The van der Waals surface area contributed by atoms with Crippen LogP contribution in [0.5, 0.6) is 0 Å². The molecule has 8 heteroatoms. The molecule has 0 aliphatic carbocycles. The maximum atomic E-state index is 12.9. The molecule has 138 valence electrons. The van der Waals surface area contributed by atoms with E-state index in [1.807, 2.05) is 11.8 Å². The highest BCUT2D eigenvalue weighted by Crippen LogP contribution is 2.24. The van der Waals surface area contributed by atoms with Crippen LogP contribution in [0.15, 0.2) is 34.9 Å². The Kier molecular flexibility index (Phi) is 7.86. The normalized spacial score (nSPS) is 19.2. The van der Waals surface area contributed by atoms with Crippen LogP contribution in [0.1, 0.15) is 19.0 Å². The van der Waals surface area contributed by atoms with Crippen molar-refractivity contribution in [2.75, 3.05) is 13.1 Å². The summed E-state index contributed by atoms with van der Waals surface area (Å²) in [6.07, 6.45) is 2.63. The third kappa shape index (κ3) is 4.93. The molecule has 0 saturated carbocycles. The third-order valence-electron chi connectivity index (χ3n) is 4.29. The molecule has 1 aliphatic rings. The summed E-state index contributed by atoms with van der Waals surface area (Å²) in [6.45, 7) is 3.35. The average Bonchev–Trinajstić information content (AvgIpc) is 3.14. The molecule has 1 aromatic heterocycles. The van der Waals surface area contributed by atoms with E-state index in [4.69, 9.17) is 10.2 Å². The van der Waals surface area contributed by atoms with E-state index in [-0.39, 0.29) is 49.0 Å². The molecule has 1 amide bonds. The van der Waals surface area contributed by atoms with Crippen molar-refractivity contribution in [2.45, 2.75) is 25.8 Å². The quantitative estimate of drug-likeness (QED) is 0.871. The molecule has 0 radical (unpaired) electrons. The van der Waals surface area contributed by atoms with Gasteiger partial charge in [-0.2, -0.15) is 0 Å². The SMILES string of the molecule is CC1CC(CN)CN1C(=O)Cc1coc(-c2ccc(F)cc2)n1.Cl.Cl. The highest BCUT2D eigenvalue weighted by atomic mass is 35.5. The smallest absolute Gasteiger partial charge is 0.228 e. The molecule has 1 saturated heterocycles. The van der Waals surface area contributed by atoms with Crippen molar-refractivity contribution in [1.82, 2.24) is 9.88 Å². The molecular formula is C17H22Cl2FN3O2. The lowest BCUT2D eigenvalue weighted by Crippen LogP contribution is -2.35. The van der Waals surface area contributed by atoms with Crippen molar-refractivity contribution in [3.8, 4) is 11.5 Å². The maximum Gasteiger partial charge on any atom is 0.228 e. The first-order valence-corrected chi connectivity index (χ1v) is 7.76. The zero-order chi connectivity index (χ0) is 16.4. The van der Waals surface area contributed by atoms with Gasteiger partial charge in [0.25, 0.3) is 0 Å². The number of nitrogens with two attached hydrogens (primary N) is 1. The molecule has 1 aromatic carbocycles. The molecule has 2 aromatic rings. The molecule has 0 spiro atoms. The Hall–Kier alpha value is -1.63. The molecular weight excluding hydrogens is 368 g/mol. The lowest BCUT2D eigenvalue weighted by atomic mass is 10.1. The van der Waals surface area contributed by atoms with Gasteiger partial charge in [0.05, 0.1) is 12.1 Å². The lowest BCUT2D eigenvalue weighted by Gasteiger charge is -2.20. The van der Waals surface area contributed by atoms with Crippen LogP contribution in [0, 0.1) is 11.7 Å². The molecule has 2 atom stereocenters. The van der Waals surface area contributed by atoms with Gasteiger partial charge >= 0.3 is 0 Å². The van der Waals surface area contributed by atoms with Crippen LogP contribution in [0.25, 0.3) is 11.5 Å². The topological polar surface area (TPSA) is 72.4 Å². The minimum Gasteiger partial charge on any atom is -0.444 e. The summed E-state index contributed by atoms with van der Waals surface area (Å²) in [5, 5.41) is 0. The monoisotopic (exact) mass is 389 g/mol. The van der Waals surface area contributed by atoms with Gasteiger partial charge in [0, 0.05) is 18.2 Å². The summed E-state index contributed by atoms with van der Waals surface area (Å²) in [5.74, 6) is 0.490. The summed E-state index contributed by atoms with van der Waals surface area (Å²) in [5.41, 5.74) is 6.96. The summed E-state index contributed by atoms with van der Waals surface area (Å²) in [6, 6.07) is 6.11. The van der Waals surface area contributed by atoms with Gasteiger partial charge in [-0.3, -0.25) is 4.79 Å². The van der Waals surface area contributed by atoms with Crippen LogP contribution in [-0.2, 0) is 11.2 Å². The fourth-order valence-electron chi connectivity index (χ4n) is 3.03. The molecule has 2 N–H and O–H groups in total. The van der Waals surface area contributed by atoms with Crippen molar-refractivity contribution >= 4 is 30.7 Å². The predicted octanol–water partition coefficient (Wildman–Crippen LogP) is 3.06. The van der Waals surface area contributed by atoms with Crippen LogP contribution in [0.4, 0.5) is 4.39 Å². The van der Waals surface area contributed by atoms with Gasteiger partial charge in [-0.15, -0.1) is 24.8 Å². The van der Waals surface area contributed by atoms with Crippen LogP contribution in [0.2, 0.25) is 0 Å². The first-order valence-electron chi connectivity index (χ1n) is 7.76. The van der Waals surface area contributed by atoms with Gasteiger partial charge in [-0.05, 0) is 50.1 Å². The maximum absolute atomic E-state index is 12.9. The standard InChI is InChI=1S/C17H20FN3O2.2ClH/c1-11-6-12(8-19)9-21(11)16(22)7-15-10-23-17(20-15)13-2-4-14(18)5-3-13;;/h2-5,10-12H,6-9,19H2,1H3;2*1H. The van der Waals surface area contributed by atoms with E-state index in [9.17, 15) is 9.18 Å². The summed E-state index contributed by atoms with van der Waals surface area (Å²) < 4.78 is 18.3. The fourth-order valence-corrected chi connectivity index (χ4v) is 3.03. The van der Waals surface area contributed by atoms with E-state index in [1.165, 1.54) is 18.4 Å². The van der Waals surface area contributed by atoms with Gasteiger partial charge < -0.3 is 15.1 Å². The second-order valence-corrected chi connectivity index (χ2v) is 6.06. The molecule has 25 heavy (non-hydrogen) atoms. The average molecular weight is 390 g/mol. The zero-order valence-corrected chi connectivity index (χ0v) is 15.5.